The van der Waals surface area contributed by atoms with Gasteiger partial charge in [0.05, 0.1) is 11.0 Å². The minimum atomic E-state index is -3.59. The molecule has 0 heterocycles. The van der Waals surface area contributed by atoms with Crippen LogP contribution >= 0.6 is 0 Å². The van der Waals surface area contributed by atoms with Gasteiger partial charge < -0.3 is 5.11 Å². The maximum Gasteiger partial charge on any atom is 0.243 e. The maximum atomic E-state index is 12.7. The van der Waals surface area contributed by atoms with E-state index in [0.29, 0.717) is 6.42 Å². The molecule has 0 saturated carbocycles. The average Bonchev–Trinajstić information content (AvgIpc) is 2.82. The highest BCUT2D eigenvalue weighted by Gasteiger charge is 2.32. The molecule has 0 saturated heterocycles. The van der Waals surface area contributed by atoms with Crippen molar-refractivity contribution in [3.63, 3.8) is 0 Å². The van der Waals surface area contributed by atoms with E-state index >= 15 is 0 Å². The van der Waals surface area contributed by atoms with Crippen LogP contribution in [0.25, 0.3) is 0 Å². The van der Waals surface area contributed by atoms with Crippen LogP contribution in [0, 0.1) is 6.92 Å². The number of hydrogen-bond donors (Lipinski definition) is 1. The molecule has 0 amide bonds. The Morgan fingerprint density at radius 2 is 2.00 bits per heavy atom. The van der Waals surface area contributed by atoms with Crippen molar-refractivity contribution in [3.8, 4) is 0 Å². The van der Waals surface area contributed by atoms with Crippen molar-refractivity contribution in [2.24, 2.45) is 0 Å². The number of aliphatic hydroxyl groups excluding tert-OH is 1. The lowest BCUT2D eigenvalue weighted by Crippen LogP contribution is -2.39. The minimum absolute atomic E-state index is 0.220. The summed E-state index contributed by atoms with van der Waals surface area (Å²) in [4.78, 5) is 0.264. The second-order valence-corrected chi connectivity index (χ2v) is 6.82. The van der Waals surface area contributed by atoms with Gasteiger partial charge in [-0.05, 0) is 25.5 Å². The minimum Gasteiger partial charge on any atom is -0.389 e. The number of nitrogens with zero attached hydrogens (tertiary/aromatic N) is 1. The molecule has 1 aliphatic rings. The zero-order chi connectivity index (χ0) is 14.8. The molecule has 0 bridgehead atoms. The number of benzene rings is 1. The second-order valence-electron chi connectivity index (χ2n) is 4.93. The van der Waals surface area contributed by atoms with Gasteiger partial charge in [-0.2, -0.15) is 4.31 Å². The Labute approximate surface area is 120 Å². The zero-order valence-electron chi connectivity index (χ0n) is 11.4. The fraction of sp³-hybridized carbons (Fsp3) is 0.333. The molecule has 0 unspecified atom stereocenters. The molecule has 0 fully saturated rings. The first-order chi connectivity index (χ1) is 9.45. The normalized spacial score (nSPS) is 22.4. The van der Waals surface area contributed by atoms with Crippen LogP contribution in [0.3, 0.4) is 0 Å². The summed E-state index contributed by atoms with van der Waals surface area (Å²) >= 11 is 0. The Hall–Kier alpha value is -1.43. The van der Waals surface area contributed by atoms with E-state index in [0.717, 1.165) is 5.56 Å². The number of sulfonamides is 1. The molecule has 1 N–H and O–H groups in total. The van der Waals surface area contributed by atoms with Crippen LogP contribution in [0.4, 0.5) is 0 Å². The lowest BCUT2D eigenvalue weighted by molar-refractivity contribution is 0.202. The van der Waals surface area contributed by atoms with Gasteiger partial charge in [-0.1, -0.05) is 35.9 Å². The fourth-order valence-electron chi connectivity index (χ4n) is 2.26. The summed E-state index contributed by atoms with van der Waals surface area (Å²) in [6, 6.07) is 6.44. The van der Waals surface area contributed by atoms with Gasteiger partial charge in [-0.25, -0.2) is 8.42 Å². The number of rotatable bonds is 5. The van der Waals surface area contributed by atoms with Gasteiger partial charge in [-0.3, -0.25) is 0 Å². The van der Waals surface area contributed by atoms with E-state index in [2.05, 4.69) is 6.58 Å². The standard InChI is InChI=1S/C15H19NO3S/c1-3-10-16(13-6-7-14(17)11-13)20(18,19)15-8-4-12(2)5-9-15/h3-9,13-14,17H,1,10-11H2,2H3/t13-,14+/m1/s1. The molecule has 0 aromatic heterocycles. The Bertz CT molecular complexity index is 605. The van der Waals surface area contributed by atoms with Crippen molar-refractivity contribution < 1.29 is 13.5 Å². The Morgan fingerprint density at radius 1 is 1.35 bits per heavy atom. The summed E-state index contributed by atoms with van der Waals surface area (Å²) < 4.78 is 26.8. The highest BCUT2D eigenvalue weighted by molar-refractivity contribution is 7.89. The van der Waals surface area contributed by atoms with Crippen molar-refractivity contribution in [2.45, 2.75) is 30.4 Å². The lowest BCUT2D eigenvalue weighted by atomic mass is 10.2. The molecule has 2 rings (SSSR count). The number of aryl methyl sites for hydroxylation is 1. The fourth-order valence-corrected chi connectivity index (χ4v) is 3.82. The summed E-state index contributed by atoms with van der Waals surface area (Å²) in [5.41, 5.74) is 1.01. The largest absolute Gasteiger partial charge is 0.389 e. The van der Waals surface area contributed by atoms with Crippen LogP contribution in [0.1, 0.15) is 12.0 Å². The van der Waals surface area contributed by atoms with E-state index < -0.39 is 16.1 Å². The lowest BCUT2D eigenvalue weighted by Gasteiger charge is -2.26. The van der Waals surface area contributed by atoms with Crippen LogP contribution in [0.5, 0.6) is 0 Å². The third kappa shape index (κ3) is 3.00. The van der Waals surface area contributed by atoms with Gasteiger partial charge in [0, 0.05) is 12.6 Å². The zero-order valence-corrected chi connectivity index (χ0v) is 12.3. The quantitative estimate of drug-likeness (QED) is 0.843. The van der Waals surface area contributed by atoms with Crippen LogP contribution < -0.4 is 0 Å². The molecular formula is C15H19NO3S. The van der Waals surface area contributed by atoms with E-state index in [4.69, 9.17) is 0 Å². The third-order valence-electron chi connectivity index (χ3n) is 3.34. The molecule has 20 heavy (non-hydrogen) atoms. The van der Waals surface area contributed by atoms with Crippen molar-refractivity contribution in [2.75, 3.05) is 6.54 Å². The summed E-state index contributed by atoms with van der Waals surface area (Å²) in [6.45, 7) is 5.75. The highest BCUT2D eigenvalue weighted by Crippen LogP contribution is 2.24. The third-order valence-corrected chi connectivity index (χ3v) is 5.25. The molecule has 0 spiro atoms. The van der Waals surface area contributed by atoms with Crippen LogP contribution in [0.15, 0.2) is 54.0 Å². The predicted molar refractivity (Wildman–Crippen MR) is 78.8 cm³/mol. The topological polar surface area (TPSA) is 57.6 Å². The monoisotopic (exact) mass is 293 g/mol. The summed E-state index contributed by atoms with van der Waals surface area (Å²) in [7, 11) is -3.59. The van der Waals surface area contributed by atoms with Gasteiger partial charge in [-0.15, -0.1) is 6.58 Å². The maximum absolute atomic E-state index is 12.7. The molecule has 0 radical (unpaired) electrons. The molecule has 1 aromatic carbocycles. The number of hydrogen-bond acceptors (Lipinski definition) is 3. The molecule has 1 aliphatic carbocycles. The van der Waals surface area contributed by atoms with Crippen LogP contribution in [-0.2, 0) is 10.0 Å². The highest BCUT2D eigenvalue weighted by atomic mass is 32.2. The predicted octanol–water partition coefficient (Wildman–Crippen LogP) is 1.86. The second kappa shape index (κ2) is 5.91. The SMILES string of the molecule is C=CCN([C@@H]1C=C[C@H](O)C1)S(=O)(=O)c1ccc(C)cc1. The molecule has 2 atom stereocenters. The van der Waals surface area contributed by atoms with Gasteiger partial charge in [0.15, 0.2) is 0 Å². The van der Waals surface area contributed by atoms with Crippen molar-refractivity contribution in [1.29, 1.82) is 0 Å². The molecule has 108 valence electrons. The molecule has 4 nitrogen and oxygen atoms in total. The van der Waals surface area contributed by atoms with Crippen LogP contribution in [0.2, 0.25) is 0 Å². The number of aliphatic hydroxyl groups is 1. The van der Waals surface area contributed by atoms with Gasteiger partial charge in [0.1, 0.15) is 0 Å². The summed E-state index contributed by atoms with van der Waals surface area (Å²) in [5, 5.41) is 9.56. The molecular weight excluding hydrogens is 274 g/mol. The van der Waals surface area contributed by atoms with E-state index in [1.807, 2.05) is 6.92 Å². The van der Waals surface area contributed by atoms with Crippen molar-refractivity contribution in [3.05, 3.63) is 54.6 Å². The smallest absolute Gasteiger partial charge is 0.243 e. The first-order valence-electron chi connectivity index (χ1n) is 6.51. The first kappa shape index (κ1) is 15.0. The van der Waals surface area contributed by atoms with E-state index in [9.17, 15) is 13.5 Å². The molecule has 1 aromatic rings. The van der Waals surface area contributed by atoms with Crippen LogP contribution in [-0.4, -0.2) is 36.5 Å². The summed E-state index contributed by atoms with van der Waals surface area (Å²) in [5.74, 6) is 0. The average molecular weight is 293 g/mol. The van der Waals surface area contributed by atoms with E-state index in [1.165, 1.54) is 4.31 Å². The Kier molecular flexibility index (Phi) is 4.42. The summed E-state index contributed by atoms with van der Waals surface area (Å²) in [6.07, 6.45) is 4.73. The van der Waals surface area contributed by atoms with Gasteiger partial charge >= 0.3 is 0 Å². The molecule has 5 heteroatoms. The molecule has 0 aliphatic heterocycles. The van der Waals surface area contributed by atoms with Crippen molar-refractivity contribution in [1.82, 2.24) is 4.31 Å². The van der Waals surface area contributed by atoms with E-state index in [1.54, 1.807) is 42.5 Å². The van der Waals surface area contributed by atoms with E-state index in [-0.39, 0.29) is 17.5 Å². The van der Waals surface area contributed by atoms with Crippen molar-refractivity contribution >= 4 is 10.0 Å². The van der Waals surface area contributed by atoms with Gasteiger partial charge in [0.2, 0.25) is 10.0 Å². The first-order valence-corrected chi connectivity index (χ1v) is 7.95. The Balaban J connectivity index is 2.34. The van der Waals surface area contributed by atoms with Gasteiger partial charge in [0.25, 0.3) is 0 Å². The Morgan fingerprint density at radius 3 is 2.50 bits per heavy atom.